The number of hydrogen-bond donors (Lipinski definition) is 0. The van der Waals surface area contributed by atoms with Crippen LogP contribution in [0.1, 0.15) is 22.5 Å². The Kier molecular flexibility index (Phi) is 4.40. The van der Waals surface area contributed by atoms with Crippen molar-refractivity contribution < 1.29 is 26.4 Å². The first-order valence-corrected chi connectivity index (χ1v) is 9.17. The molecule has 3 rings (SSSR count). The second kappa shape index (κ2) is 6.35. The number of rotatable bonds is 4. The largest absolute Gasteiger partial charge is 0.467 e. The molecule has 5 nitrogen and oxygen atoms in total. The Morgan fingerprint density at radius 3 is 2.67 bits per heavy atom. The molecule has 1 saturated heterocycles. The van der Waals surface area contributed by atoms with Crippen LogP contribution in [-0.2, 0) is 16.4 Å². The molecule has 0 aliphatic carbocycles. The number of carbonyl (C=O) groups is 1. The van der Waals surface area contributed by atoms with Gasteiger partial charge in [-0.25, -0.2) is 17.2 Å². The molecule has 1 aliphatic rings. The molecule has 0 spiro atoms. The summed E-state index contributed by atoms with van der Waals surface area (Å²) in [6.45, 7) is 0.0167. The molecule has 0 bridgehead atoms. The zero-order chi connectivity index (χ0) is 17.3. The fourth-order valence-corrected chi connectivity index (χ4v) is 4.51. The normalized spacial score (nSPS) is 19.3. The van der Waals surface area contributed by atoms with Crippen LogP contribution in [0.3, 0.4) is 0 Å². The Bertz CT molecular complexity index is 849. The molecular formula is C16H15F2NO4S. The highest BCUT2D eigenvalue weighted by atomic mass is 32.2. The Hall–Kier alpha value is -2.22. The topological polar surface area (TPSA) is 67.6 Å². The molecule has 1 amide bonds. The van der Waals surface area contributed by atoms with E-state index >= 15 is 0 Å². The number of hydrogen-bond acceptors (Lipinski definition) is 4. The summed E-state index contributed by atoms with van der Waals surface area (Å²) in [6.07, 6.45) is 1.71. The molecule has 1 unspecified atom stereocenters. The summed E-state index contributed by atoms with van der Waals surface area (Å²) in [4.78, 5) is 14.0. The summed E-state index contributed by atoms with van der Waals surface area (Å²) in [5.41, 5.74) is -0.299. The summed E-state index contributed by atoms with van der Waals surface area (Å²) in [5.74, 6) is -2.20. The van der Waals surface area contributed by atoms with Gasteiger partial charge in [-0.1, -0.05) is 0 Å². The quantitative estimate of drug-likeness (QED) is 0.845. The first kappa shape index (κ1) is 16.6. The van der Waals surface area contributed by atoms with Gasteiger partial charge in [0.2, 0.25) is 0 Å². The molecule has 1 atom stereocenters. The maximum atomic E-state index is 13.9. The molecule has 8 heteroatoms. The van der Waals surface area contributed by atoms with Crippen LogP contribution in [0.5, 0.6) is 0 Å². The van der Waals surface area contributed by atoms with Gasteiger partial charge in [0.05, 0.1) is 29.9 Å². The number of halogens is 2. The molecule has 0 radical (unpaired) electrons. The van der Waals surface area contributed by atoms with Gasteiger partial charge in [0.15, 0.2) is 9.84 Å². The van der Waals surface area contributed by atoms with E-state index < -0.39 is 33.4 Å². The van der Waals surface area contributed by atoms with E-state index in [0.717, 1.165) is 12.1 Å². The number of benzene rings is 1. The van der Waals surface area contributed by atoms with Crippen molar-refractivity contribution in [1.29, 1.82) is 0 Å². The maximum absolute atomic E-state index is 13.9. The Labute approximate surface area is 137 Å². The van der Waals surface area contributed by atoms with E-state index in [1.165, 1.54) is 11.2 Å². The zero-order valence-electron chi connectivity index (χ0n) is 12.6. The number of amides is 1. The van der Waals surface area contributed by atoms with Gasteiger partial charge in [-0.3, -0.25) is 4.79 Å². The first-order valence-electron chi connectivity index (χ1n) is 7.34. The van der Waals surface area contributed by atoms with Gasteiger partial charge in [-0.15, -0.1) is 0 Å². The molecule has 24 heavy (non-hydrogen) atoms. The maximum Gasteiger partial charge on any atom is 0.257 e. The lowest BCUT2D eigenvalue weighted by molar-refractivity contribution is 0.0661. The van der Waals surface area contributed by atoms with Crippen LogP contribution < -0.4 is 0 Å². The second-order valence-electron chi connectivity index (χ2n) is 5.69. The van der Waals surface area contributed by atoms with E-state index in [1.54, 1.807) is 12.1 Å². The third kappa shape index (κ3) is 3.48. The van der Waals surface area contributed by atoms with Gasteiger partial charge in [0.1, 0.15) is 17.4 Å². The Morgan fingerprint density at radius 1 is 1.29 bits per heavy atom. The number of carbonyl (C=O) groups excluding carboxylic acids is 1. The third-order valence-corrected chi connectivity index (χ3v) is 5.73. The van der Waals surface area contributed by atoms with Crippen LogP contribution in [0, 0.1) is 11.6 Å². The molecular weight excluding hydrogens is 340 g/mol. The average molecular weight is 355 g/mol. The van der Waals surface area contributed by atoms with Crippen molar-refractivity contribution in [2.75, 3.05) is 11.5 Å². The van der Waals surface area contributed by atoms with Crippen molar-refractivity contribution in [3.8, 4) is 0 Å². The minimum Gasteiger partial charge on any atom is -0.467 e. The van der Waals surface area contributed by atoms with Crippen LogP contribution in [-0.4, -0.2) is 36.8 Å². The van der Waals surface area contributed by atoms with E-state index in [1.807, 2.05) is 0 Å². The van der Waals surface area contributed by atoms with E-state index in [9.17, 15) is 22.0 Å². The van der Waals surface area contributed by atoms with E-state index in [0.29, 0.717) is 11.8 Å². The summed E-state index contributed by atoms with van der Waals surface area (Å²) >= 11 is 0. The summed E-state index contributed by atoms with van der Waals surface area (Å²) in [5, 5.41) is 0. The van der Waals surface area contributed by atoms with Gasteiger partial charge in [0, 0.05) is 12.1 Å². The zero-order valence-corrected chi connectivity index (χ0v) is 13.4. The molecule has 128 valence electrons. The summed E-state index contributed by atoms with van der Waals surface area (Å²) < 4.78 is 55.7. The number of sulfone groups is 1. The van der Waals surface area contributed by atoms with Crippen LogP contribution >= 0.6 is 0 Å². The lowest BCUT2D eigenvalue weighted by Crippen LogP contribution is -2.41. The highest BCUT2D eigenvalue weighted by Gasteiger charge is 2.36. The summed E-state index contributed by atoms with van der Waals surface area (Å²) in [6, 6.07) is 5.39. The lowest BCUT2D eigenvalue weighted by atomic mass is 10.1. The fourth-order valence-electron chi connectivity index (χ4n) is 2.78. The number of nitrogens with zero attached hydrogens (tertiary/aromatic N) is 1. The summed E-state index contributed by atoms with van der Waals surface area (Å²) in [7, 11) is -3.23. The Morgan fingerprint density at radius 2 is 2.08 bits per heavy atom. The van der Waals surface area contributed by atoms with Gasteiger partial charge >= 0.3 is 0 Å². The molecule has 2 heterocycles. The van der Waals surface area contributed by atoms with Gasteiger partial charge in [0.25, 0.3) is 5.91 Å². The second-order valence-corrected chi connectivity index (χ2v) is 7.92. The van der Waals surface area contributed by atoms with Crippen LogP contribution in [0.15, 0.2) is 41.0 Å². The van der Waals surface area contributed by atoms with Crippen LogP contribution in [0.25, 0.3) is 0 Å². The standard InChI is InChI=1S/C16H15F2NO4S/c17-11-3-4-14(15(18)8-11)16(20)19(9-13-2-1-6-23-13)12-5-7-24(21,22)10-12/h1-4,6,8,12H,5,7,9-10H2. The van der Waals surface area contributed by atoms with E-state index in [4.69, 9.17) is 4.42 Å². The highest BCUT2D eigenvalue weighted by Crippen LogP contribution is 2.23. The highest BCUT2D eigenvalue weighted by molar-refractivity contribution is 7.91. The first-order chi connectivity index (χ1) is 11.4. The van der Waals surface area contributed by atoms with Crippen LogP contribution in [0.2, 0.25) is 0 Å². The van der Waals surface area contributed by atoms with Crippen molar-refractivity contribution in [3.05, 3.63) is 59.6 Å². The number of furan rings is 1. The third-order valence-electron chi connectivity index (χ3n) is 3.98. The molecule has 1 aromatic heterocycles. The minimum absolute atomic E-state index is 0.0167. The van der Waals surface area contributed by atoms with Gasteiger partial charge in [-0.2, -0.15) is 0 Å². The minimum atomic E-state index is -3.23. The molecule has 1 fully saturated rings. The molecule has 2 aromatic rings. The Balaban J connectivity index is 1.92. The van der Waals surface area contributed by atoms with Crippen LogP contribution in [0.4, 0.5) is 8.78 Å². The van der Waals surface area contributed by atoms with Crippen molar-refractivity contribution >= 4 is 15.7 Å². The van der Waals surface area contributed by atoms with Gasteiger partial charge < -0.3 is 9.32 Å². The van der Waals surface area contributed by atoms with Gasteiger partial charge in [-0.05, 0) is 30.7 Å². The molecule has 0 saturated carbocycles. The average Bonchev–Trinajstić information content (AvgIpc) is 3.13. The molecule has 0 N–H and O–H groups in total. The lowest BCUT2D eigenvalue weighted by Gasteiger charge is -2.27. The van der Waals surface area contributed by atoms with Crippen molar-refractivity contribution in [1.82, 2.24) is 4.90 Å². The SMILES string of the molecule is O=C(c1ccc(F)cc1F)N(Cc1ccco1)C1CCS(=O)(=O)C1. The predicted octanol–water partition coefficient (Wildman–Crippen LogP) is 2.39. The van der Waals surface area contributed by atoms with Crippen molar-refractivity contribution in [2.24, 2.45) is 0 Å². The fraction of sp³-hybridized carbons (Fsp3) is 0.312. The predicted molar refractivity (Wildman–Crippen MR) is 82.0 cm³/mol. The van der Waals surface area contributed by atoms with E-state index in [-0.39, 0.29) is 30.0 Å². The molecule has 1 aromatic carbocycles. The van der Waals surface area contributed by atoms with Crippen molar-refractivity contribution in [2.45, 2.75) is 19.0 Å². The van der Waals surface area contributed by atoms with E-state index in [2.05, 4.69) is 0 Å². The van der Waals surface area contributed by atoms with Crippen molar-refractivity contribution in [3.63, 3.8) is 0 Å². The smallest absolute Gasteiger partial charge is 0.257 e. The monoisotopic (exact) mass is 355 g/mol. The molecule has 1 aliphatic heterocycles.